The lowest BCUT2D eigenvalue weighted by Gasteiger charge is -2.30. The molecule has 4 rings (SSSR count). The van der Waals surface area contributed by atoms with Crippen molar-refractivity contribution in [1.82, 2.24) is 10.3 Å². The highest BCUT2D eigenvalue weighted by Crippen LogP contribution is 2.40. The van der Waals surface area contributed by atoms with E-state index in [1.54, 1.807) is 31.2 Å². The average Bonchev–Trinajstić information content (AvgIpc) is 3.23. The van der Waals surface area contributed by atoms with Crippen LogP contribution in [0, 0.1) is 11.3 Å². The molecule has 0 radical (unpaired) electrons. The minimum Gasteiger partial charge on any atom is -0.404 e. The van der Waals surface area contributed by atoms with Crippen LogP contribution in [-0.2, 0) is 0 Å². The number of nitriles is 1. The number of carbonyl (C=O) groups excluding carboxylic acids is 1. The van der Waals surface area contributed by atoms with Crippen molar-refractivity contribution in [2.45, 2.75) is 25.2 Å². The number of rotatable bonds is 4. The van der Waals surface area contributed by atoms with Crippen LogP contribution in [0.5, 0.6) is 5.75 Å². The average molecular weight is 491 g/mol. The van der Waals surface area contributed by atoms with E-state index in [1.165, 1.54) is 23.5 Å². The molecule has 33 heavy (non-hydrogen) atoms. The van der Waals surface area contributed by atoms with Gasteiger partial charge in [-0.3, -0.25) is 0 Å². The van der Waals surface area contributed by atoms with Gasteiger partial charge < -0.3 is 10.1 Å². The first-order chi connectivity index (χ1) is 15.6. The van der Waals surface area contributed by atoms with Crippen molar-refractivity contribution in [2.75, 3.05) is 0 Å². The van der Waals surface area contributed by atoms with Crippen LogP contribution in [0.15, 0.2) is 52.8 Å². The molecule has 2 heterocycles. The summed E-state index contributed by atoms with van der Waals surface area (Å²) in [6.07, 6.45) is -4.92. The molecule has 1 aliphatic heterocycles. The molecule has 0 spiro atoms. The number of nitrogens with zero attached hydrogens (tertiary/aromatic N) is 3. The van der Waals surface area contributed by atoms with Crippen LogP contribution in [0.3, 0.4) is 0 Å². The SMILES string of the molecule is CC1=NC(=O)NC(c2ccc(Cl)c(OC(F)(F)F)c2)C1c1nc(-c2ccc(C#N)cc2)cs1. The van der Waals surface area contributed by atoms with E-state index in [2.05, 4.69) is 26.1 Å². The zero-order valence-corrected chi connectivity index (χ0v) is 18.4. The summed E-state index contributed by atoms with van der Waals surface area (Å²) in [5, 5.41) is 13.9. The number of carbonyl (C=O) groups is 1. The van der Waals surface area contributed by atoms with Gasteiger partial charge in [0.15, 0.2) is 0 Å². The summed E-state index contributed by atoms with van der Waals surface area (Å²) in [4.78, 5) is 20.8. The smallest absolute Gasteiger partial charge is 0.404 e. The minimum atomic E-state index is -4.92. The summed E-state index contributed by atoms with van der Waals surface area (Å²) in [6.45, 7) is 1.67. The molecule has 2 amide bonds. The van der Waals surface area contributed by atoms with Crippen LogP contribution >= 0.6 is 22.9 Å². The zero-order valence-electron chi connectivity index (χ0n) is 16.9. The van der Waals surface area contributed by atoms with Crippen LogP contribution < -0.4 is 10.1 Å². The number of ether oxygens (including phenoxy) is 1. The van der Waals surface area contributed by atoms with E-state index in [9.17, 15) is 18.0 Å². The van der Waals surface area contributed by atoms with Gasteiger partial charge in [0.05, 0.1) is 34.3 Å². The number of alkyl halides is 3. The third-order valence-corrected chi connectivity index (χ3v) is 6.22. The molecule has 0 aliphatic carbocycles. The predicted octanol–water partition coefficient (Wildman–Crippen LogP) is 6.24. The maximum Gasteiger partial charge on any atom is 0.573 e. The van der Waals surface area contributed by atoms with Gasteiger partial charge >= 0.3 is 12.4 Å². The fourth-order valence-electron chi connectivity index (χ4n) is 3.51. The molecule has 2 aromatic carbocycles. The highest BCUT2D eigenvalue weighted by Gasteiger charge is 2.37. The summed E-state index contributed by atoms with van der Waals surface area (Å²) in [5.74, 6) is -1.08. The van der Waals surface area contributed by atoms with Gasteiger partial charge in [-0.25, -0.2) is 14.8 Å². The Hall–Kier alpha value is -3.42. The zero-order chi connectivity index (χ0) is 23.8. The quantitative estimate of drug-likeness (QED) is 0.468. The Balaban J connectivity index is 1.72. The molecule has 0 saturated carbocycles. The van der Waals surface area contributed by atoms with Crippen LogP contribution in [0.2, 0.25) is 5.02 Å². The molecule has 1 N–H and O–H groups in total. The molecule has 3 aromatic rings. The van der Waals surface area contributed by atoms with Gasteiger partial charge in [0, 0.05) is 16.7 Å². The van der Waals surface area contributed by atoms with Gasteiger partial charge in [-0.1, -0.05) is 29.8 Å². The monoisotopic (exact) mass is 490 g/mol. The molecule has 0 saturated heterocycles. The Kier molecular flexibility index (Phi) is 6.10. The van der Waals surface area contributed by atoms with Crippen LogP contribution in [0.4, 0.5) is 18.0 Å². The highest BCUT2D eigenvalue weighted by atomic mass is 35.5. The normalized spacial score (nSPS) is 18.3. The third kappa shape index (κ3) is 4.99. The Morgan fingerprint density at radius 2 is 1.94 bits per heavy atom. The lowest BCUT2D eigenvalue weighted by atomic mass is 9.88. The first kappa shape index (κ1) is 22.8. The largest absolute Gasteiger partial charge is 0.573 e. The fourth-order valence-corrected chi connectivity index (χ4v) is 4.69. The molecule has 2 unspecified atom stereocenters. The lowest BCUT2D eigenvalue weighted by molar-refractivity contribution is -0.274. The maximum atomic E-state index is 12.8. The molecule has 0 fully saturated rings. The van der Waals surface area contributed by atoms with Gasteiger partial charge in [-0.15, -0.1) is 24.5 Å². The van der Waals surface area contributed by atoms with Crippen molar-refractivity contribution in [3.8, 4) is 23.1 Å². The summed E-state index contributed by atoms with van der Waals surface area (Å²) < 4.78 is 42.4. The van der Waals surface area contributed by atoms with E-state index in [0.29, 0.717) is 27.5 Å². The van der Waals surface area contributed by atoms with Crippen molar-refractivity contribution in [2.24, 2.45) is 4.99 Å². The molecule has 11 heteroatoms. The number of benzene rings is 2. The summed E-state index contributed by atoms with van der Waals surface area (Å²) in [6, 6.07) is 11.6. The number of urea groups is 1. The van der Waals surface area contributed by atoms with Crippen LogP contribution in [-0.4, -0.2) is 23.1 Å². The molecule has 6 nitrogen and oxygen atoms in total. The maximum absolute atomic E-state index is 12.8. The minimum absolute atomic E-state index is 0.211. The second-order valence-corrected chi connectivity index (χ2v) is 8.45. The van der Waals surface area contributed by atoms with Gasteiger partial charge in [0.2, 0.25) is 0 Å². The van der Waals surface area contributed by atoms with Gasteiger partial charge in [-0.2, -0.15) is 5.26 Å². The second kappa shape index (κ2) is 8.84. The molecule has 168 valence electrons. The second-order valence-electron chi connectivity index (χ2n) is 7.16. The van der Waals surface area contributed by atoms with E-state index in [1.807, 2.05) is 5.38 Å². The van der Waals surface area contributed by atoms with Gasteiger partial charge in [0.1, 0.15) is 10.8 Å². The van der Waals surface area contributed by atoms with Crippen LogP contribution in [0.25, 0.3) is 11.3 Å². The number of aliphatic imine (C=N–C) groups is 1. The van der Waals surface area contributed by atoms with Gasteiger partial charge in [-0.05, 0) is 36.8 Å². The highest BCUT2D eigenvalue weighted by molar-refractivity contribution is 7.10. The van der Waals surface area contributed by atoms with E-state index in [0.717, 1.165) is 11.6 Å². The van der Waals surface area contributed by atoms with Crippen LogP contribution in [0.1, 0.15) is 35.0 Å². The Bertz CT molecular complexity index is 1280. The lowest BCUT2D eigenvalue weighted by Crippen LogP contribution is -2.38. The Labute approximate surface area is 195 Å². The number of aromatic nitrogens is 1. The number of halogens is 4. The number of hydrogen-bond acceptors (Lipinski definition) is 5. The topological polar surface area (TPSA) is 87.4 Å². The van der Waals surface area contributed by atoms with E-state index in [4.69, 9.17) is 16.9 Å². The first-order valence-electron chi connectivity index (χ1n) is 9.51. The predicted molar refractivity (Wildman–Crippen MR) is 118 cm³/mol. The Morgan fingerprint density at radius 1 is 1.21 bits per heavy atom. The first-order valence-corrected chi connectivity index (χ1v) is 10.8. The summed E-state index contributed by atoms with van der Waals surface area (Å²) >= 11 is 7.21. The molecular weight excluding hydrogens is 477 g/mol. The number of nitrogens with one attached hydrogen (secondary N) is 1. The standard InChI is InChI=1S/C22H14ClF3N4O2S/c1-11-18(20-29-16(10-33-20)13-4-2-12(9-27)3-5-13)19(30-21(31)28-11)14-6-7-15(23)17(8-14)32-22(24,25)26/h2-8,10,18-19H,1H3,(H,30,31). The summed E-state index contributed by atoms with van der Waals surface area (Å²) in [5.41, 5.74) is 2.82. The molecule has 2 atom stereocenters. The molecule has 1 aliphatic rings. The molecular formula is C22H14ClF3N4O2S. The fraction of sp³-hybridized carbons (Fsp3) is 0.182. The number of hydrogen-bond donors (Lipinski definition) is 1. The van der Waals surface area contributed by atoms with Crippen molar-refractivity contribution in [1.29, 1.82) is 5.26 Å². The van der Waals surface area contributed by atoms with Gasteiger partial charge in [0.25, 0.3) is 0 Å². The van der Waals surface area contributed by atoms with E-state index in [-0.39, 0.29) is 5.02 Å². The van der Waals surface area contributed by atoms with Crippen molar-refractivity contribution >= 4 is 34.7 Å². The van der Waals surface area contributed by atoms with Crippen molar-refractivity contribution < 1.29 is 22.7 Å². The van der Waals surface area contributed by atoms with E-state index >= 15 is 0 Å². The van der Waals surface area contributed by atoms with E-state index < -0.39 is 30.1 Å². The Morgan fingerprint density at radius 3 is 2.61 bits per heavy atom. The van der Waals surface area contributed by atoms with Crippen molar-refractivity contribution in [3.63, 3.8) is 0 Å². The number of thiazole rings is 1. The third-order valence-electron chi connectivity index (χ3n) is 4.98. The molecule has 1 aromatic heterocycles. The molecule has 0 bridgehead atoms. The van der Waals surface area contributed by atoms with Crippen molar-refractivity contribution in [3.05, 3.63) is 69.0 Å². The summed E-state index contributed by atoms with van der Waals surface area (Å²) in [7, 11) is 0. The number of amides is 2.